The molecule has 6 aromatic rings. The lowest BCUT2D eigenvalue weighted by Gasteiger charge is -2.35. The number of rotatable bonds is 18. The van der Waals surface area contributed by atoms with Gasteiger partial charge in [-0.2, -0.15) is 9.97 Å². The van der Waals surface area contributed by atoms with E-state index in [1.165, 1.54) is 17.0 Å². The Balaban J connectivity index is 0.771. The number of halogens is 2. The number of carbonyl (C=O) groups is 4. The lowest BCUT2D eigenvalue weighted by molar-refractivity contribution is -0.144. The zero-order valence-electron chi connectivity index (χ0n) is 46.2. The Kier molecular flexibility index (Phi) is 18.0. The maximum atomic E-state index is 17.2. The summed E-state index contributed by atoms with van der Waals surface area (Å²) in [6, 6.07) is 17.8. The molecule has 4 aromatic carbocycles. The fraction of sp³-hybridized carbons (Fsp3) is 0.450. The van der Waals surface area contributed by atoms with Crippen LogP contribution in [0.5, 0.6) is 11.8 Å². The van der Waals surface area contributed by atoms with Gasteiger partial charge in [-0.05, 0) is 116 Å². The number of likely N-dealkylation sites (tertiary alicyclic amines) is 2. The number of aliphatic hydroxyl groups is 1. The fourth-order valence-electron chi connectivity index (χ4n) is 11.1. The van der Waals surface area contributed by atoms with Crippen LogP contribution in [0, 0.1) is 24.1 Å². The highest BCUT2D eigenvalue weighted by molar-refractivity contribution is 7.13. The van der Waals surface area contributed by atoms with E-state index in [1.54, 1.807) is 28.4 Å². The van der Waals surface area contributed by atoms with Crippen molar-refractivity contribution >= 4 is 74.1 Å². The van der Waals surface area contributed by atoms with E-state index in [1.807, 2.05) is 100 Å². The number of nitrogens with zero attached hydrogens (tertiary/aromatic N) is 7. The van der Waals surface area contributed by atoms with Gasteiger partial charge in [0.15, 0.2) is 5.82 Å². The molecule has 80 heavy (non-hydrogen) atoms. The van der Waals surface area contributed by atoms with Crippen molar-refractivity contribution in [3.05, 3.63) is 107 Å². The zero-order chi connectivity index (χ0) is 57.0. The molecule has 3 fully saturated rings. The van der Waals surface area contributed by atoms with E-state index in [-0.39, 0.29) is 71.4 Å². The predicted molar refractivity (Wildman–Crippen MR) is 309 cm³/mol. The molecular weight excluding hydrogens is 1060 g/mol. The molecule has 5 atom stereocenters. The van der Waals surface area contributed by atoms with E-state index < -0.39 is 41.2 Å². The van der Waals surface area contributed by atoms with Gasteiger partial charge in [-0.1, -0.05) is 87.5 Å². The maximum Gasteiger partial charge on any atom is 0.319 e. The standard InChI is InChI=1S/C60H71ClFN9O8S/c1-8-50(75)69-22-24-70(25-23-69)56-46-30-47(61)51(45-28-42(72)27-41-11-9-10-12-44(41)45)52(62)53(46)66-59(67-56)79-35(2)31-68-20-17-38(18-21-68)19-26-78-33-49(74)65-55(60(5,6)7)58(77)71-32-43(73)29-48(71)57(76)64-36(3)39-13-15-40(16-14-39)54-37(4)63-34-80-54/h8-16,27-28,30,34-36,38,43,48,55,72-73H,1,17-26,29,31-33H2,2-7H3,(H,64,76)(H,65,74)/t35-,36+,43-,48+,55-/m1/s1. The van der Waals surface area contributed by atoms with E-state index in [0.29, 0.717) is 67.4 Å². The van der Waals surface area contributed by atoms with E-state index in [4.69, 9.17) is 26.1 Å². The average Bonchev–Trinajstić information content (AvgIpc) is 4.09. The molecular formula is C60H71ClFN9O8S. The minimum atomic E-state index is -0.980. The average molecular weight is 1130 g/mol. The number of hydrogen-bond acceptors (Lipinski definition) is 14. The molecule has 17 nitrogen and oxygen atoms in total. The number of phenols is 1. The van der Waals surface area contributed by atoms with Gasteiger partial charge in [-0.3, -0.25) is 24.1 Å². The molecule has 20 heteroatoms. The van der Waals surface area contributed by atoms with E-state index in [0.717, 1.165) is 59.4 Å². The van der Waals surface area contributed by atoms with Gasteiger partial charge in [0.05, 0.1) is 33.3 Å². The molecule has 3 aliphatic rings. The third kappa shape index (κ3) is 13.2. The van der Waals surface area contributed by atoms with Gasteiger partial charge in [0.25, 0.3) is 0 Å². The van der Waals surface area contributed by atoms with Crippen LogP contribution in [0.15, 0.2) is 84.9 Å². The van der Waals surface area contributed by atoms with Crippen LogP contribution in [-0.2, 0) is 23.9 Å². The van der Waals surface area contributed by atoms with Crippen LogP contribution in [0.2, 0.25) is 5.02 Å². The van der Waals surface area contributed by atoms with Crippen molar-refractivity contribution in [1.82, 2.24) is 40.3 Å². The number of fused-ring (bicyclic) bond motifs is 2. The number of piperazine rings is 1. The molecule has 3 aliphatic heterocycles. The summed E-state index contributed by atoms with van der Waals surface area (Å²) in [6.07, 6.45) is 2.63. The molecule has 0 aliphatic carbocycles. The molecule has 9 rings (SSSR count). The zero-order valence-corrected chi connectivity index (χ0v) is 47.8. The Bertz CT molecular complexity index is 3250. The second-order valence-electron chi connectivity index (χ2n) is 22.4. The van der Waals surface area contributed by atoms with Crippen molar-refractivity contribution in [2.24, 2.45) is 11.3 Å². The van der Waals surface area contributed by atoms with Crippen LogP contribution in [0.3, 0.4) is 0 Å². The summed E-state index contributed by atoms with van der Waals surface area (Å²) in [4.78, 5) is 76.2. The molecule has 0 spiro atoms. The number of ether oxygens (including phenoxy) is 2. The Morgan fingerprint density at radius 1 is 0.963 bits per heavy atom. The minimum Gasteiger partial charge on any atom is -0.508 e. The van der Waals surface area contributed by atoms with Gasteiger partial charge in [0, 0.05) is 63.2 Å². The number of amides is 4. The smallest absolute Gasteiger partial charge is 0.319 e. The van der Waals surface area contributed by atoms with Crippen molar-refractivity contribution in [2.75, 3.05) is 70.5 Å². The first-order valence-electron chi connectivity index (χ1n) is 27.4. The number of anilines is 1. The highest BCUT2D eigenvalue weighted by Crippen LogP contribution is 2.43. The number of thiazole rings is 1. The van der Waals surface area contributed by atoms with Gasteiger partial charge in [0.1, 0.15) is 41.9 Å². The van der Waals surface area contributed by atoms with Crippen molar-refractivity contribution in [3.8, 4) is 33.3 Å². The molecule has 0 bridgehead atoms. The second kappa shape index (κ2) is 24.9. The lowest BCUT2D eigenvalue weighted by atomic mass is 9.85. The molecule has 424 valence electrons. The SMILES string of the molecule is C=CC(=O)N1CCN(c2nc(O[C@H](C)CN3CCC(CCOCC(=O)N[C@H](C(=O)N4C[C@H](O)C[C@H]4C(=O)N[C@@H](C)c4ccc(-c5scnc5C)cc4)C(C)(C)C)CC3)nc3c(F)c(-c4cc(O)cc5ccccc45)c(Cl)cc23)CC1. The van der Waals surface area contributed by atoms with Crippen molar-refractivity contribution < 1.29 is 43.3 Å². The quantitative estimate of drug-likeness (QED) is 0.0472. The van der Waals surface area contributed by atoms with Crippen LogP contribution in [-0.4, -0.2) is 153 Å². The molecule has 0 saturated carbocycles. The van der Waals surface area contributed by atoms with E-state index in [2.05, 4.69) is 32.1 Å². The summed E-state index contributed by atoms with van der Waals surface area (Å²) in [6.45, 7) is 18.8. The third-order valence-corrected chi connectivity index (χ3v) is 16.8. The summed E-state index contributed by atoms with van der Waals surface area (Å²) in [5.41, 5.74) is 4.51. The number of nitrogens with one attached hydrogen (secondary N) is 2. The number of piperidine rings is 1. The molecule has 3 saturated heterocycles. The minimum absolute atomic E-state index is 0.00000381. The van der Waals surface area contributed by atoms with Crippen LogP contribution >= 0.6 is 22.9 Å². The van der Waals surface area contributed by atoms with Gasteiger partial charge in [0.2, 0.25) is 23.6 Å². The van der Waals surface area contributed by atoms with Gasteiger partial charge in [-0.15, -0.1) is 11.3 Å². The largest absolute Gasteiger partial charge is 0.508 e. The topological polar surface area (TPSA) is 203 Å². The van der Waals surface area contributed by atoms with Crippen molar-refractivity contribution in [2.45, 2.75) is 97.6 Å². The Morgan fingerprint density at radius 3 is 2.38 bits per heavy atom. The number of aromatic hydroxyl groups is 1. The van der Waals surface area contributed by atoms with Gasteiger partial charge >= 0.3 is 6.01 Å². The Hall–Kier alpha value is -6.77. The first-order chi connectivity index (χ1) is 38.3. The van der Waals surface area contributed by atoms with Crippen LogP contribution in [0.25, 0.3) is 43.2 Å². The molecule has 0 radical (unpaired) electrons. The van der Waals surface area contributed by atoms with Crippen LogP contribution in [0.4, 0.5) is 10.2 Å². The molecule has 4 amide bonds. The number of phenolic OH excluding ortho intramolecular Hbond substituents is 1. The third-order valence-electron chi connectivity index (χ3n) is 15.5. The molecule has 0 unspecified atom stereocenters. The summed E-state index contributed by atoms with van der Waals surface area (Å²) in [5.74, 6) is -1.36. The number of carbonyl (C=O) groups excluding carboxylic acids is 4. The van der Waals surface area contributed by atoms with Crippen molar-refractivity contribution in [3.63, 3.8) is 0 Å². The predicted octanol–water partition coefficient (Wildman–Crippen LogP) is 8.47. The number of aliphatic hydroxyl groups excluding tert-OH is 1. The highest BCUT2D eigenvalue weighted by Gasteiger charge is 2.45. The first kappa shape index (κ1) is 57.9. The number of aryl methyl sites for hydroxylation is 1. The second-order valence-corrected chi connectivity index (χ2v) is 23.7. The van der Waals surface area contributed by atoms with Gasteiger partial charge in [-0.25, -0.2) is 9.37 Å². The van der Waals surface area contributed by atoms with Crippen LogP contribution < -0.4 is 20.3 Å². The lowest BCUT2D eigenvalue weighted by Crippen LogP contribution is -2.58. The van der Waals surface area contributed by atoms with E-state index >= 15 is 4.39 Å². The monoisotopic (exact) mass is 1130 g/mol. The van der Waals surface area contributed by atoms with Gasteiger partial charge < -0.3 is 45.0 Å². The molecule has 5 heterocycles. The Morgan fingerprint density at radius 2 is 1.69 bits per heavy atom. The first-order valence-corrected chi connectivity index (χ1v) is 28.7. The molecule has 2 aromatic heterocycles. The summed E-state index contributed by atoms with van der Waals surface area (Å²) in [5, 5.41) is 29.3. The number of aromatic nitrogens is 3. The van der Waals surface area contributed by atoms with E-state index in [9.17, 15) is 29.4 Å². The number of benzene rings is 4. The summed E-state index contributed by atoms with van der Waals surface area (Å²) < 4.78 is 29.5. The van der Waals surface area contributed by atoms with Crippen molar-refractivity contribution in [1.29, 1.82) is 0 Å². The highest BCUT2D eigenvalue weighted by atomic mass is 35.5. The number of hydrogen-bond donors (Lipinski definition) is 4. The normalized spacial score (nSPS) is 18.5. The van der Waals surface area contributed by atoms with Crippen LogP contribution in [0.1, 0.15) is 77.6 Å². The summed E-state index contributed by atoms with van der Waals surface area (Å²) >= 11 is 8.51. The maximum absolute atomic E-state index is 17.2. The summed E-state index contributed by atoms with van der Waals surface area (Å²) in [7, 11) is 0. The number of β-amino-alcohol motifs (C(OH)–C–C–N with tert-alkyl or cyclic N) is 1. The fourth-order valence-corrected chi connectivity index (χ4v) is 12.2. The molecule has 4 N–H and O–H groups in total. The Labute approximate surface area is 475 Å².